The van der Waals surface area contributed by atoms with E-state index >= 15 is 0 Å². The van der Waals surface area contributed by atoms with Gasteiger partial charge in [0.05, 0.1) is 8.80 Å². The lowest BCUT2D eigenvalue weighted by atomic mass is 10.9. The van der Waals surface area contributed by atoms with Crippen LogP contribution in [0.3, 0.4) is 0 Å². The van der Waals surface area contributed by atoms with E-state index in [1.165, 1.54) is 0 Å². The fourth-order valence-corrected chi connectivity index (χ4v) is 0. The van der Waals surface area contributed by atoms with Crippen LogP contribution in [0.2, 0.25) is 13.1 Å². The van der Waals surface area contributed by atoms with Gasteiger partial charge in [0.25, 0.3) is 0 Å². The fraction of sp³-hybridized carbons (Fsp3) is 0.667. The molecule has 3 heteroatoms. The van der Waals surface area contributed by atoms with Crippen molar-refractivity contribution >= 4 is 19.3 Å². The molecular weight excluding hydrogens is 144 g/mol. The summed E-state index contributed by atoms with van der Waals surface area (Å²) in [6, 6.07) is 0. The minimum Gasteiger partial charge on any atom is -0.428 e. The smallest absolute Gasteiger partial charge is 0.145 e. The first kappa shape index (κ1) is 11.9. The van der Waals surface area contributed by atoms with E-state index in [4.69, 9.17) is 0 Å². The van der Waals surface area contributed by atoms with Gasteiger partial charge >= 0.3 is 0 Å². The summed E-state index contributed by atoms with van der Waals surface area (Å²) >= 11 is 0. The van der Waals surface area contributed by atoms with E-state index in [1.807, 2.05) is 12.6 Å². The van der Waals surface area contributed by atoms with Gasteiger partial charge in [-0.2, -0.15) is 0 Å². The quantitative estimate of drug-likeness (QED) is 0.544. The zero-order valence-corrected chi connectivity index (χ0v) is 9.90. The maximum atomic E-state index is 4.68. The zero-order chi connectivity index (χ0) is 7.70. The first-order chi connectivity index (χ1) is 4.18. The van der Waals surface area contributed by atoms with Gasteiger partial charge in [-0.1, -0.05) is 13.1 Å². The highest BCUT2D eigenvalue weighted by molar-refractivity contribution is 6.61. The van der Waals surface area contributed by atoms with Gasteiger partial charge in [-0.15, -0.1) is 12.3 Å². The molecule has 0 saturated carbocycles. The Morgan fingerprint density at radius 2 is 1.89 bits per heavy atom. The summed E-state index contributed by atoms with van der Waals surface area (Å²) in [5.74, 6) is 0. The third-order valence-electron chi connectivity index (χ3n) is 0.697. The van der Waals surface area contributed by atoms with Gasteiger partial charge in [0.15, 0.2) is 0 Å². The maximum Gasteiger partial charge on any atom is 0.145 e. The van der Waals surface area contributed by atoms with Gasteiger partial charge < -0.3 is 4.43 Å². The first-order valence-electron chi connectivity index (χ1n) is 3.10. The van der Waals surface area contributed by atoms with Crippen LogP contribution in [0.4, 0.5) is 0 Å². The van der Waals surface area contributed by atoms with Crippen molar-refractivity contribution in [2.24, 2.45) is 0 Å². The normalized spacial score (nSPS) is 8.44. The molecule has 0 aliphatic heterocycles. The van der Waals surface area contributed by atoms with E-state index in [2.05, 4.69) is 24.1 Å². The van der Waals surface area contributed by atoms with Crippen molar-refractivity contribution in [1.29, 1.82) is 0 Å². The SMILES string of the molecule is C=C[Si](C)C.CCO[SiH3]. The van der Waals surface area contributed by atoms with Crippen molar-refractivity contribution in [2.45, 2.75) is 20.0 Å². The summed E-state index contributed by atoms with van der Waals surface area (Å²) < 4.78 is 4.68. The molecule has 0 N–H and O–H groups in total. The lowest BCUT2D eigenvalue weighted by Crippen LogP contribution is -1.89. The van der Waals surface area contributed by atoms with Crippen LogP contribution >= 0.6 is 0 Å². The van der Waals surface area contributed by atoms with Gasteiger partial charge in [0.1, 0.15) is 10.5 Å². The predicted molar refractivity (Wildman–Crippen MR) is 49.2 cm³/mol. The van der Waals surface area contributed by atoms with Gasteiger partial charge in [0, 0.05) is 6.61 Å². The van der Waals surface area contributed by atoms with Crippen LogP contribution in [-0.4, -0.2) is 25.9 Å². The summed E-state index contributed by atoms with van der Waals surface area (Å²) in [5, 5.41) is 0. The molecule has 9 heavy (non-hydrogen) atoms. The minimum absolute atomic E-state index is 0.110. The topological polar surface area (TPSA) is 9.23 Å². The zero-order valence-electron chi connectivity index (χ0n) is 6.90. The third-order valence-corrected chi connectivity index (χ3v) is 2.09. The van der Waals surface area contributed by atoms with Gasteiger partial charge in [-0.3, -0.25) is 0 Å². The lowest BCUT2D eigenvalue weighted by Gasteiger charge is -1.80. The van der Waals surface area contributed by atoms with Gasteiger partial charge in [0.2, 0.25) is 0 Å². The Labute approximate surface area is 63.3 Å². The molecule has 0 bridgehead atoms. The molecule has 0 spiro atoms. The molecule has 0 rings (SSSR count). The second-order valence-electron chi connectivity index (χ2n) is 1.86. The van der Waals surface area contributed by atoms with E-state index in [0.717, 1.165) is 17.1 Å². The second-order valence-corrected chi connectivity index (χ2v) is 5.00. The largest absolute Gasteiger partial charge is 0.428 e. The molecule has 0 aromatic heterocycles. The minimum atomic E-state index is -0.110. The van der Waals surface area contributed by atoms with Crippen LogP contribution in [-0.2, 0) is 4.43 Å². The molecule has 0 aliphatic rings. The lowest BCUT2D eigenvalue weighted by molar-refractivity contribution is 0.375. The number of rotatable bonds is 2. The molecule has 0 unspecified atom stereocenters. The van der Waals surface area contributed by atoms with Gasteiger partial charge in [-0.25, -0.2) is 0 Å². The fourth-order valence-electron chi connectivity index (χ4n) is 0. The van der Waals surface area contributed by atoms with Crippen molar-refractivity contribution in [2.75, 3.05) is 6.61 Å². The molecule has 0 heterocycles. The van der Waals surface area contributed by atoms with Crippen molar-refractivity contribution in [3.05, 3.63) is 12.3 Å². The molecule has 0 amide bonds. The molecular formula is C6H17OSi2. The molecule has 0 aromatic rings. The molecule has 1 nitrogen and oxygen atoms in total. The average Bonchev–Trinajstić information content (AvgIpc) is 1.89. The Morgan fingerprint density at radius 1 is 1.67 bits per heavy atom. The van der Waals surface area contributed by atoms with Crippen LogP contribution in [0.15, 0.2) is 12.3 Å². The Bertz CT molecular complexity index is 53.0. The standard InChI is InChI=1S/C4H9Si.C2H8OSi/c1-4-5(2)3;1-2-3-4/h4H,1H2,2-3H3;2H2,1,4H3. The monoisotopic (exact) mass is 161 g/mol. The van der Waals surface area contributed by atoms with Crippen LogP contribution in [0, 0.1) is 0 Å². The number of hydrogen-bond donors (Lipinski definition) is 0. The highest BCUT2D eigenvalue weighted by atomic mass is 28.3. The summed E-state index contributed by atoms with van der Waals surface area (Å²) in [6.07, 6.45) is 0. The molecule has 0 saturated heterocycles. The van der Waals surface area contributed by atoms with Gasteiger partial charge in [-0.05, 0) is 6.92 Å². The maximum absolute atomic E-state index is 4.68. The van der Waals surface area contributed by atoms with E-state index in [1.54, 1.807) is 0 Å². The second kappa shape index (κ2) is 11.0. The molecule has 0 aromatic carbocycles. The Balaban J connectivity index is 0. The molecule has 0 atom stereocenters. The van der Waals surface area contributed by atoms with Crippen molar-refractivity contribution in [3.8, 4) is 0 Å². The Hall–Kier alpha value is 0.134. The average molecular weight is 161 g/mol. The van der Waals surface area contributed by atoms with Crippen LogP contribution in [0.25, 0.3) is 0 Å². The third kappa shape index (κ3) is 31.2. The highest BCUT2D eigenvalue weighted by Crippen LogP contribution is 1.73. The Morgan fingerprint density at radius 3 is 1.89 bits per heavy atom. The first-order valence-corrected chi connectivity index (χ1v) is 6.49. The summed E-state index contributed by atoms with van der Waals surface area (Å²) in [7, 11) is 0.780. The van der Waals surface area contributed by atoms with E-state index in [-0.39, 0.29) is 8.80 Å². The van der Waals surface area contributed by atoms with E-state index < -0.39 is 0 Å². The van der Waals surface area contributed by atoms with Crippen molar-refractivity contribution < 1.29 is 4.43 Å². The van der Waals surface area contributed by atoms with E-state index in [0.29, 0.717) is 0 Å². The summed E-state index contributed by atoms with van der Waals surface area (Å²) in [4.78, 5) is 0. The number of hydrogen-bond acceptors (Lipinski definition) is 1. The van der Waals surface area contributed by atoms with Crippen LogP contribution < -0.4 is 0 Å². The van der Waals surface area contributed by atoms with Crippen LogP contribution in [0.1, 0.15) is 6.92 Å². The van der Waals surface area contributed by atoms with E-state index in [9.17, 15) is 0 Å². The highest BCUT2D eigenvalue weighted by Gasteiger charge is 1.78. The predicted octanol–water partition coefficient (Wildman–Crippen LogP) is 0.769. The van der Waals surface area contributed by atoms with Crippen LogP contribution in [0.5, 0.6) is 0 Å². The summed E-state index contributed by atoms with van der Waals surface area (Å²) in [5.41, 5.74) is 2.02. The Kier molecular flexibility index (Phi) is 14.5. The molecule has 1 radical (unpaired) electrons. The summed E-state index contributed by atoms with van der Waals surface area (Å²) in [6.45, 7) is 10.9. The molecule has 55 valence electrons. The van der Waals surface area contributed by atoms with Crippen molar-refractivity contribution in [3.63, 3.8) is 0 Å². The molecule has 0 fully saturated rings. The molecule has 0 aliphatic carbocycles. The van der Waals surface area contributed by atoms with Crippen molar-refractivity contribution in [1.82, 2.24) is 0 Å².